The first-order valence-corrected chi connectivity index (χ1v) is 16.4. The zero-order chi connectivity index (χ0) is 33.0. The molecule has 2 aliphatic heterocycles. The molecule has 1 saturated heterocycles. The molecule has 3 heterocycles. The molecule has 12 heteroatoms. The number of piperazine rings is 1. The molecule has 250 valence electrons. The number of halogens is 1. The average Bonchev–Trinajstić information content (AvgIpc) is 3.68. The minimum Gasteiger partial charge on any atom is -0.466 e. The predicted molar refractivity (Wildman–Crippen MR) is 169 cm³/mol. The second kappa shape index (κ2) is 14.8. The van der Waals surface area contributed by atoms with Crippen LogP contribution in [0.15, 0.2) is 28.9 Å². The molecule has 2 fully saturated rings. The van der Waals surface area contributed by atoms with E-state index in [4.69, 9.17) is 9.15 Å². The van der Waals surface area contributed by atoms with Crippen LogP contribution in [0.5, 0.6) is 0 Å². The first-order valence-electron chi connectivity index (χ1n) is 16.4. The number of carbonyl (C=O) groups is 4. The van der Waals surface area contributed by atoms with Crippen LogP contribution >= 0.6 is 0 Å². The van der Waals surface area contributed by atoms with Crippen molar-refractivity contribution in [2.45, 2.75) is 84.1 Å². The first-order chi connectivity index (χ1) is 22.0. The molecule has 3 aliphatic rings. The number of nitrogens with zero attached hydrogens (tertiary/aromatic N) is 2. The van der Waals surface area contributed by atoms with Crippen LogP contribution in [0.25, 0.3) is 0 Å². The van der Waals surface area contributed by atoms with Crippen LogP contribution in [-0.2, 0) is 32.3 Å². The van der Waals surface area contributed by atoms with Gasteiger partial charge in [-0.15, -0.1) is 0 Å². The minimum atomic E-state index is -0.874. The van der Waals surface area contributed by atoms with Crippen LogP contribution < -0.4 is 16.0 Å². The lowest BCUT2D eigenvalue weighted by molar-refractivity contribution is -0.138. The summed E-state index contributed by atoms with van der Waals surface area (Å²) in [4.78, 5) is 56.9. The quantitative estimate of drug-likeness (QED) is 0.360. The SMILES string of the molecule is CCC(=O)N[C@@H](C(=O)N1CCN(C)CC1)[C@@H](C)c1ccc(NC(=O)[C@@H](NC(=O)c2coc3c2COC3)[C@H]2CC[C@H](C)CC2)c(F)c1. The van der Waals surface area contributed by atoms with Crippen LogP contribution in [-0.4, -0.2) is 78.7 Å². The van der Waals surface area contributed by atoms with Gasteiger partial charge < -0.3 is 34.9 Å². The highest BCUT2D eigenvalue weighted by Crippen LogP contribution is 2.32. The molecule has 0 radical (unpaired) electrons. The van der Waals surface area contributed by atoms with Crippen molar-refractivity contribution < 1.29 is 32.7 Å². The van der Waals surface area contributed by atoms with Gasteiger partial charge in [-0.2, -0.15) is 0 Å². The fraction of sp³-hybridized carbons (Fsp3) is 0.588. The lowest BCUT2D eigenvalue weighted by atomic mass is 9.79. The number of nitrogens with one attached hydrogen (secondary N) is 3. The number of hydrogen-bond acceptors (Lipinski definition) is 7. The Labute approximate surface area is 269 Å². The number of fused-ring (bicyclic) bond motifs is 1. The number of carbonyl (C=O) groups excluding carboxylic acids is 4. The van der Waals surface area contributed by atoms with Crippen molar-refractivity contribution in [1.29, 1.82) is 0 Å². The Balaban J connectivity index is 1.32. The molecule has 0 bridgehead atoms. The van der Waals surface area contributed by atoms with Crippen molar-refractivity contribution in [2.24, 2.45) is 11.8 Å². The van der Waals surface area contributed by atoms with E-state index in [2.05, 4.69) is 27.8 Å². The van der Waals surface area contributed by atoms with Crippen molar-refractivity contribution in [3.8, 4) is 0 Å². The van der Waals surface area contributed by atoms with E-state index in [-0.39, 0.29) is 36.4 Å². The van der Waals surface area contributed by atoms with Gasteiger partial charge in [-0.05, 0) is 49.4 Å². The third kappa shape index (κ3) is 7.60. The highest BCUT2D eigenvalue weighted by atomic mass is 19.1. The molecule has 1 aromatic heterocycles. The standard InChI is InChI=1S/C34H46FN5O6/c1-5-29(41)37-30(34(44)40-14-12-39(4)13-15-40)21(3)23-10-11-27(26(35)16-23)36-33(43)31(22-8-6-20(2)7-9-22)38-32(42)25-18-46-28-19-45-17-24(25)28/h10-11,16,18,20-22,30-31H,5-9,12-15,17,19H2,1-4H3,(H,36,43)(H,37,41)(H,38,42)/t20-,21-,22-,30+,31-/m0/s1. The molecular weight excluding hydrogens is 593 g/mol. The lowest BCUT2D eigenvalue weighted by Gasteiger charge is -2.36. The number of amides is 4. The van der Waals surface area contributed by atoms with E-state index < -0.39 is 35.6 Å². The van der Waals surface area contributed by atoms with Gasteiger partial charge in [-0.1, -0.05) is 39.7 Å². The Morgan fingerprint density at radius 3 is 2.41 bits per heavy atom. The molecular formula is C34H46FN5O6. The Bertz CT molecular complexity index is 1430. The maximum absolute atomic E-state index is 15.6. The number of anilines is 1. The van der Waals surface area contributed by atoms with Crippen molar-refractivity contribution in [3.05, 3.63) is 52.7 Å². The number of likely N-dealkylation sites (N-methyl/N-ethyl adjacent to an activating group) is 1. The van der Waals surface area contributed by atoms with Gasteiger partial charge in [0.15, 0.2) is 0 Å². The third-order valence-electron chi connectivity index (χ3n) is 9.80. The van der Waals surface area contributed by atoms with Gasteiger partial charge in [0.25, 0.3) is 5.91 Å². The fourth-order valence-corrected chi connectivity index (χ4v) is 6.59. The van der Waals surface area contributed by atoms with Gasteiger partial charge in [0.05, 0.1) is 17.9 Å². The van der Waals surface area contributed by atoms with Crippen LogP contribution in [0.2, 0.25) is 0 Å². The molecule has 3 atom stereocenters. The second-order valence-electron chi connectivity index (χ2n) is 13.1. The number of ether oxygens (including phenoxy) is 1. The second-order valence-corrected chi connectivity index (χ2v) is 13.1. The van der Waals surface area contributed by atoms with E-state index in [0.29, 0.717) is 48.1 Å². The Hall–Kier alpha value is -3.77. The Morgan fingerprint density at radius 2 is 1.74 bits per heavy atom. The summed E-state index contributed by atoms with van der Waals surface area (Å²) in [7, 11) is 2.00. The van der Waals surface area contributed by atoms with Gasteiger partial charge >= 0.3 is 0 Å². The molecule has 0 spiro atoms. The summed E-state index contributed by atoms with van der Waals surface area (Å²) in [5.41, 5.74) is 1.52. The van der Waals surface area contributed by atoms with E-state index in [1.54, 1.807) is 24.8 Å². The molecule has 4 amide bonds. The summed E-state index contributed by atoms with van der Waals surface area (Å²) in [6.45, 7) is 8.82. The molecule has 46 heavy (non-hydrogen) atoms. The van der Waals surface area contributed by atoms with Gasteiger partial charge in [-0.25, -0.2) is 4.39 Å². The highest BCUT2D eigenvalue weighted by molar-refractivity contribution is 6.02. The topological polar surface area (TPSA) is 133 Å². The molecule has 1 saturated carbocycles. The van der Waals surface area contributed by atoms with E-state index >= 15 is 4.39 Å². The van der Waals surface area contributed by atoms with Crippen LogP contribution in [0, 0.1) is 17.7 Å². The lowest BCUT2D eigenvalue weighted by Crippen LogP contribution is -2.55. The summed E-state index contributed by atoms with van der Waals surface area (Å²) >= 11 is 0. The maximum atomic E-state index is 15.6. The van der Waals surface area contributed by atoms with Gasteiger partial charge in [0.2, 0.25) is 17.7 Å². The van der Waals surface area contributed by atoms with Crippen molar-refractivity contribution in [2.75, 3.05) is 38.5 Å². The van der Waals surface area contributed by atoms with Gasteiger partial charge in [0, 0.05) is 44.1 Å². The molecule has 1 aromatic carbocycles. The Morgan fingerprint density at radius 1 is 1.02 bits per heavy atom. The zero-order valence-corrected chi connectivity index (χ0v) is 27.2. The molecule has 2 aromatic rings. The molecule has 3 N–H and O–H groups in total. The minimum absolute atomic E-state index is 0.0264. The van der Waals surface area contributed by atoms with Crippen LogP contribution in [0.4, 0.5) is 10.1 Å². The molecule has 0 unspecified atom stereocenters. The van der Waals surface area contributed by atoms with E-state index in [1.165, 1.54) is 18.4 Å². The number of hydrogen-bond donors (Lipinski definition) is 3. The van der Waals surface area contributed by atoms with Crippen molar-refractivity contribution in [3.63, 3.8) is 0 Å². The molecule has 11 nitrogen and oxygen atoms in total. The van der Waals surface area contributed by atoms with E-state index in [9.17, 15) is 19.2 Å². The third-order valence-corrected chi connectivity index (χ3v) is 9.80. The molecule has 1 aliphatic carbocycles. The summed E-state index contributed by atoms with van der Waals surface area (Å²) in [6, 6.07) is 2.70. The fourth-order valence-electron chi connectivity index (χ4n) is 6.59. The summed E-state index contributed by atoms with van der Waals surface area (Å²) in [5.74, 6) is -1.55. The largest absolute Gasteiger partial charge is 0.466 e. The van der Waals surface area contributed by atoms with E-state index in [1.807, 2.05) is 7.05 Å². The van der Waals surface area contributed by atoms with Crippen LogP contribution in [0.1, 0.15) is 86.0 Å². The first kappa shape index (κ1) is 33.6. The van der Waals surface area contributed by atoms with Gasteiger partial charge in [-0.3, -0.25) is 19.2 Å². The smallest absolute Gasteiger partial charge is 0.255 e. The number of furan rings is 1. The maximum Gasteiger partial charge on any atom is 0.255 e. The zero-order valence-electron chi connectivity index (χ0n) is 27.2. The summed E-state index contributed by atoms with van der Waals surface area (Å²) in [6.07, 6.45) is 5.00. The number of benzene rings is 1. The Kier molecular flexibility index (Phi) is 10.8. The summed E-state index contributed by atoms with van der Waals surface area (Å²) < 4.78 is 26.5. The number of rotatable bonds is 10. The van der Waals surface area contributed by atoms with Gasteiger partial charge in [0.1, 0.15) is 36.5 Å². The summed E-state index contributed by atoms with van der Waals surface area (Å²) in [5, 5.41) is 8.47. The predicted octanol–water partition coefficient (Wildman–Crippen LogP) is 3.78. The van der Waals surface area contributed by atoms with Crippen molar-refractivity contribution >= 4 is 29.3 Å². The normalized spacial score (nSPS) is 22.0. The molecule has 5 rings (SSSR count). The monoisotopic (exact) mass is 639 g/mol. The highest BCUT2D eigenvalue weighted by Gasteiger charge is 2.36. The van der Waals surface area contributed by atoms with E-state index in [0.717, 1.165) is 38.8 Å². The van der Waals surface area contributed by atoms with Crippen molar-refractivity contribution in [1.82, 2.24) is 20.4 Å². The van der Waals surface area contributed by atoms with Crippen LogP contribution in [0.3, 0.4) is 0 Å². The average molecular weight is 640 g/mol.